The highest BCUT2D eigenvalue weighted by Crippen LogP contribution is 2.06. The first kappa shape index (κ1) is 18.9. The minimum Gasteiger partial charge on any atom is -0.385 e. The number of rotatable bonds is 7. The third-order valence-corrected chi connectivity index (χ3v) is 4.86. The van der Waals surface area contributed by atoms with Crippen molar-refractivity contribution < 1.29 is 22.7 Å². The molecule has 0 atom stereocenters. The second kappa shape index (κ2) is 8.44. The van der Waals surface area contributed by atoms with E-state index in [1.807, 2.05) is 0 Å². The van der Waals surface area contributed by atoms with Crippen molar-refractivity contribution >= 4 is 21.8 Å². The van der Waals surface area contributed by atoms with E-state index in [-0.39, 0.29) is 24.9 Å². The first-order valence-corrected chi connectivity index (χ1v) is 9.08. The van der Waals surface area contributed by atoms with Crippen LogP contribution in [0, 0.1) is 0 Å². The van der Waals surface area contributed by atoms with Crippen LogP contribution in [0.3, 0.4) is 0 Å². The molecule has 1 heterocycles. The van der Waals surface area contributed by atoms with Crippen molar-refractivity contribution in [1.82, 2.24) is 14.1 Å². The smallest absolute Gasteiger partial charge is 0.238 e. The summed E-state index contributed by atoms with van der Waals surface area (Å²) in [4.78, 5) is 26.8. The van der Waals surface area contributed by atoms with E-state index in [1.165, 1.54) is 11.2 Å². The zero-order chi connectivity index (χ0) is 16.8. The summed E-state index contributed by atoms with van der Waals surface area (Å²) in [5.41, 5.74) is 0. The van der Waals surface area contributed by atoms with E-state index in [9.17, 15) is 18.0 Å². The Morgan fingerprint density at radius 2 is 1.68 bits per heavy atom. The van der Waals surface area contributed by atoms with E-state index in [0.717, 1.165) is 6.26 Å². The highest BCUT2D eigenvalue weighted by molar-refractivity contribution is 7.88. The van der Waals surface area contributed by atoms with E-state index in [0.29, 0.717) is 39.2 Å². The van der Waals surface area contributed by atoms with Gasteiger partial charge in [0.1, 0.15) is 0 Å². The molecule has 0 saturated carbocycles. The van der Waals surface area contributed by atoms with Gasteiger partial charge in [-0.05, 0) is 6.42 Å². The molecular formula is C13H25N3O5S. The van der Waals surface area contributed by atoms with Gasteiger partial charge in [0.05, 0.1) is 12.8 Å². The Hall–Kier alpha value is -1.19. The number of hydrogen-bond donors (Lipinski definition) is 0. The Kier molecular flexibility index (Phi) is 7.24. The number of nitrogens with zero attached hydrogens (tertiary/aromatic N) is 3. The van der Waals surface area contributed by atoms with Crippen LogP contribution in [-0.2, 0) is 24.3 Å². The topological polar surface area (TPSA) is 87.2 Å². The average molecular weight is 335 g/mol. The Labute approximate surface area is 132 Å². The van der Waals surface area contributed by atoms with E-state index in [2.05, 4.69) is 0 Å². The Morgan fingerprint density at radius 1 is 1.14 bits per heavy atom. The molecule has 1 aliphatic heterocycles. The monoisotopic (exact) mass is 335 g/mol. The molecule has 0 aromatic carbocycles. The fourth-order valence-corrected chi connectivity index (χ4v) is 3.07. The predicted octanol–water partition coefficient (Wildman–Crippen LogP) is -1.02. The summed E-state index contributed by atoms with van der Waals surface area (Å²) in [5.74, 6) is -0.240. The molecule has 9 heteroatoms. The summed E-state index contributed by atoms with van der Waals surface area (Å²) in [6, 6.07) is 0. The SMILES string of the molecule is COCCCN(CC(=O)N1CCN(C(C)=O)CC1)S(C)(=O)=O. The van der Waals surface area contributed by atoms with Gasteiger partial charge in [0.2, 0.25) is 21.8 Å². The number of piperazine rings is 1. The largest absolute Gasteiger partial charge is 0.385 e. The Bertz CT molecular complexity index is 486. The summed E-state index contributed by atoms with van der Waals surface area (Å²) < 4.78 is 29.6. The van der Waals surface area contributed by atoms with Crippen LogP contribution in [0.2, 0.25) is 0 Å². The van der Waals surface area contributed by atoms with Gasteiger partial charge in [-0.1, -0.05) is 0 Å². The van der Waals surface area contributed by atoms with E-state index in [4.69, 9.17) is 4.74 Å². The molecule has 0 spiro atoms. The predicted molar refractivity (Wildman–Crippen MR) is 81.7 cm³/mol. The average Bonchev–Trinajstić information content (AvgIpc) is 2.45. The van der Waals surface area contributed by atoms with Crippen molar-refractivity contribution in [2.24, 2.45) is 0 Å². The maximum atomic E-state index is 12.2. The summed E-state index contributed by atoms with van der Waals surface area (Å²) in [6.07, 6.45) is 1.63. The summed E-state index contributed by atoms with van der Waals surface area (Å²) in [5, 5.41) is 0. The maximum absolute atomic E-state index is 12.2. The molecule has 0 unspecified atom stereocenters. The van der Waals surface area contributed by atoms with Crippen molar-refractivity contribution in [3.8, 4) is 0 Å². The third kappa shape index (κ3) is 5.90. The lowest BCUT2D eigenvalue weighted by molar-refractivity contribution is -0.138. The normalized spacial score (nSPS) is 16.2. The number of ether oxygens (including phenoxy) is 1. The lowest BCUT2D eigenvalue weighted by Crippen LogP contribution is -2.52. The van der Waals surface area contributed by atoms with Gasteiger partial charge in [0.25, 0.3) is 0 Å². The lowest BCUT2D eigenvalue weighted by Gasteiger charge is -2.35. The van der Waals surface area contributed by atoms with Gasteiger partial charge in [-0.15, -0.1) is 0 Å². The highest BCUT2D eigenvalue weighted by atomic mass is 32.2. The van der Waals surface area contributed by atoms with E-state index >= 15 is 0 Å². The molecule has 0 aromatic rings. The van der Waals surface area contributed by atoms with Crippen molar-refractivity contribution in [2.45, 2.75) is 13.3 Å². The van der Waals surface area contributed by atoms with Crippen LogP contribution < -0.4 is 0 Å². The molecule has 1 rings (SSSR count). The van der Waals surface area contributed by atoms with Crippen LogP contribution in [0.1, 0.15) is 13.3 Å². The second-order valence-corrected chi connectivity index (χ2v) is 7.31. The molecule has 8 nitrogen and oxygen atoms in total. The number of sulfonamides is 1. The minimum absolute atomic E-state index is 0.00979. The highest BCUT2D eigenvalue weighted by Gasteiger charge is 2.26. The molecule has 1 aliphatic rings. The molecule has 22 heavy (non-hydrogen) atoms. The van der Waals surface area contributed by atoms with E-state index in [1.54, 1.807) is 16.9 Å². The maximum Gasteiger partial charge on any atom is 0.238 e. The van der Waals surface area contributed by atoms with Gasteiger partial charge in [0, 0.05) is 53.4 Å². The van der Waals surface area contributed by atoms with Crippen molar-refractivity contribution in [2.75, 3.05) is 59.2 Å². The number of carbonyl (C=O) groups excluding carboxylic acids is 2. The van der Waals surface area contributed by atoms with Crippen molar-refractivity contribution in [1.29, 1.82) is 0 Å². The molecule has 0 bridgehead atoms. The molecular weight excluding hydrogens is 310 g/mol. The lowest BCUT2D eigenvalue weighted by atomic mass is 10.3. The molecule has 0 N–H and O–H groups in total. The van der Waals surface area contributed by atoms with Crippen LogP contribution in [-0.4, -0.2) is 93.6 Å². The van der Waals surface area contributed by atoms with Gasteiger partial charge in [-0.3, -0.25) is 9.59 Å². The van der Waals surface area contributed by atoms with Gasteiger partial charge >= 0.3 is 0 Å². The quantitative estimate of drug-likeness (QED) is 0.556. The third-order valence-electron chi connectivity index (χ3n) is 3.61. The van der Waals surface area contributed by atoms with Crippen LogP contribution >= 0.6 is 0 Å². The fraction of sp³-hybridized carbons (Fsp3) is 0.846. The standard InChI is InChI=1S/C13H25N3O5S/c1-12(17)14-6-8-15(9-7-14)13(18)11-16(22(3,19)20)5-4-10-21-2/h4-11H2,1-3H3. The first-order chi connectivity index (χ1) is 10.3. The molecule has 0 radical (unpaired) electrons. The first-order valence-electron chi connectivity index (χ1n) is 7.23. The fourth-order valence-electron chi connectivity index (χ4n) is 2.27. The zero-order valence-electron chi connectivity index (χ0n) is 13.4. The molecule has 2 amide bonds. The van der Waals surface area contributed by atoms with Crippen LogP contribution in [0.15, 0.2) is 0 Å². The molecule has 128 valence electrons. The van der Waals surface area contributed by atoms with E-state index < -0.39 is 10.0 Å². The zero-order valence-corrected chi connectivity index (χ0v) is 14.3. The van der Waals surface area contributed by atoms with Gasteiger partial charge in [0.15, 0.2) is 0 Å². The van der Waals surface area contributed by atoms with Crippen molar-refractivity contribution in [3.63, 3.8) is 0 Å². The van der Waals surface area contributed by atoms with Gasteiger partial charge < -0.3 is 14.5 Å². The van der Waals surface area contributed by atoms with Gasteiger partial charge in [-0.2, -0.15) is 4.31 Å². The number of amides is 2. The van der Waals surface area contributed by atoms with Gasteiger partial charge in [-0.25, -0.2) is 8.42 Å². The summed E-state index contributed by atoms with van der Waals surface area (Å²) >= 11 is 0. The molecule has 1 fully saturated rings. The Morgan fingerprint density at radius 3 is 2.14 bits per heavy atom. The summed E-state index contributed by atoms with van der Waals surface area (Å²) in [6.45, 7) is 3.89. The van der Waals surface area contributed by atoms with Crippen LogP contribution in [0.25, 0.3) is 0 Å². The van der Waals surface area contributed by atoms with Crippen LogP contribution in [0.4, 0.5) is 0 Å². The van der Waals surface area contributed by atoms with Crippen molar-refractivity contribution in [3.05, 3.63) is 0 Å². The molecule has 0 aliphatic carbocycles. The molecule has 0 aromatic heterocycles. The number of carbonyl (C=O) groups is 2. The number of methoxy groups -OCH3 is 1. The summed E-state index contributed by atoms with van der Waals surface area (Å²) in [7, 11) is -1.89. The minimum atomic E-state index is -3.44. The second-order valence-electron chi connectivity index (χ2n) is 5.33. The Balaban J connectivity index is 2.55. The number of hydrogen-bond acceptors (Lipinski definition) is 5. The molecule has 1 saturated heterocycles. The van der Waals surface area contributed by atoms with Crippen LogP contribution in [0.5, 0.6) is 0 Å².